The zero-order valence-electron chi connectivity index (χ0n) is 19.8. The van der Waals surface area contributed by atoms with Crippen LogP contribution in [0.4, 0.5) is 0 Å². The van der Waals surface area contributed by atoms with Crippen LogP contribution in [0.15, 0.2) is 66.7 Å². The highest BCUT2D eigenvalue weighted by Gasteiger charge is 2.29. The molecule has 34 heavy (non-hydrogen) atoms. The maximum Gasteiger partial charge on any atom is 0.261 e. The normalized spacial score (nSPS) is 14.5. The van der Waals surface area contributed by atoms with E-state index in [4.69, 9.17) is 9.47 Å². The standard InChI is InChI=1S/C28H32N2O4/c1-20(28(32)29-23-12-4-5-13-23)30(18-21-9-7-14-24(17-21)33-2)27(31)19-34-26-16-8-11-22-10-3-6-15-25(22)26/h3,6-11,14-17,20,23H,4-5,12-13,18-19H2,1-2H3,(H,29,32)/t20-/m1/s1. The number of hydrogen-bond acceptors (Lipinski definition) is 4. The number of carbonyl (C=O) groups excluding carboxylic acids is 2. The van der Waals surface area contributed by atoms with Crippen LogP contribution >= 0.6 is 0 Å². The van der Waals surface area contributed by atoms with E-state index in [1.807, 2.05) is 66.7 Å². The van der Waals surface area contributed by atoms with E-state index >= 15 is 0 Å². The highest BCUT2D eigenvalue weighted by atomic mass is 16.5. The first-order valence-electron chi connectivity index (χ1n) is 11.9. The molecule has 0 spiro atoms. The van der Waals surface area contributed by atoms with E-state index in [0.717, 1.165) is 42.0 Å². The topological polar surface area (TPSA) is 67.9 Å². The molecule has 0 heterocycles. The molecule has 0 radical (unpaired) electrons. The van der Waals surface area contributed by atoms with Gasteiger partial charge < -0.3 is 19.7 Å². The Bertz CT molecular complexity index is 1130. The molecular weight excluding hydrogens is 428 g/mol. The molecule has 1 aliphatic rings. The third kappa shape index (κ3) is 5.68. The fourth-order valence-corrected chi connectivity index (χ4v) is 4.49. The molecule has 4 rings (SSSR count). The van der Waals surface area contributed by atoms with Crippen LogP contribution in [0.3, 0.4) is 0 Å². The average Bonchev–Trinajstić information content (AvgIpc) is 3.38. The molecule has 0 saturated heterocycles. The molecule has 0 aliphatic heterocycles. The van der Waals surface area contributed by atoms with Crippen LogP contribution < -0.4 is 14.8 Å². The fraction of sp³-hybridized carbons (Fsp3) is 0.357. The van der Waals surface area contributed by atoms with E-state index in [1.54, 1.807) is 18.9 Å². The zero-order chi connectivity index (χ0) is 23.9. The van der Waals surface area contributed by atoms with Gasteiger partial charge in [-0.1, -0.05) is 61.4 Å². The summed E-state index contributed by atoms with van der Waals surface area (Å²) in [5.74, 6) is 0.980. The molecule has 1 fully saturated rings. The van der Waals surface area contributed by atoms with Gasteiger partial charge in [0.1, 0.15) is 17.5 Å². The van der Waals surface area contributed by atoms with Gasteiger partial charge in [-0.25, -0.2) is 0 Å². The van der Waals surface area contributed by atoms with E-state index in [9.17, 15) is 9.59 Å². The minimum absolute atomic E-state index is 0.131. The summed E-state index contributed by atoms with van der Waals surface area (Å²) in [6.45, 7) is 1.91. The number of amides is 2. The van der Waals surface area contributed by atoms with E-state index in [0.29, 0.717) is 11.5 Å². The van der Waals surface area contributed by atoms with Crippen LogP contribution in [0.2, 0.25) is 0 Å². The molecule has 1 aliphatic carbocycles. The predicted octanol–water partition coefficient (Wildman–Crippen LogP) is 4.70. The third-order valence-electron chi connectivity index (χ3n) is 6.46. The van der Waals surface area contributed by atoms with Gasteiger partial charge in [-0.2, -0.15) is 0 Å². The van der Waals surface area contributed by atoms with Crippen LogP contribution in [0.5, 0.6) is 11.5 Å². The Kier molecular flexibility index (Phi) is 7.68. The van der Waals surface area contributed by atoms with E-state index in [1.165, 1.54) is 0 Å². The van der Waals surface area contributed by atoms with Crippen LogP contribution in [0, 0.1) is 0 Å². The van der Waals surface area contributed by atoms with Crippen LogP contribution in [0.1, 0.15) is 38.2 Å². The number of rotatable bonds is 9. The Morgan fingerprint density at radius 2 is 1.76 bits per heavy atom. The number of benzene rings is 3. The lowest BCUT2D eigenvalue weighted by molar-refractivity contribution is -0.142. The Morgan fingerprint density at radius 3 is 2.56 bits per heavy atom. The molecular formula is C28H32N2O4. The van der Waals surface area contributed by atoms with Gasteiger partial charge in [0.15, 0.2) is 6.61 Å². The SMILES string of the molecule is COc1cccc(CN(C(=O)COc2cccc3ccccc23)[C@H](C)C(=O)NC2CCCC2)c1. The summed E-state index contributed by atoms with van der Waals surface area (Å²) in [5.41, 5.74) is 0.887. The van der Waals surface area contributed by atoms with Gasteiger partial charge in [0.25, 0.3) is 5.91 Å². The first-order valence-corrected chi connectivity index (χ1v) is 11.9. The Hall–Kier alpha value is -3.54. The van der Waals surface area contributed by atoms with Crippen LogP contribution in [-0.2, 0) is 16.1 Å². The van der Waals surface area contributed by atoms with Crippen molar-refractivity contribution in [2.24, 2.45) is 0 Å². The van der Waals surface area contributed by atoms with Gasteiger partial charge in [-0.3, -0.25) is 9.59 Å². The molecule has 0 unspecified atom stereocenters. The van der Waals surface area contributed by atoms with Crippen molar-refractivity contribution in [1.82, 2.24) is 10.2 Å². The number of nitrogens with one attached hydrogen (secondary N) is 1. The summed E-state index contributed by atoms with van der Waals surface area (Å²) < 4.78 is 11.3. The molecule has 1 saturated carbocycles. The predicted molar refractivity (Wildman–Crippen MR) is 133 cm³/mol. The number of methoxy groups -OCH3 is 1. The number of nitrogens with zero attached hydrogens (tertiary/aromatic N) is 1. The molecule has 0 aromatic heterocycles. The maximum atomic E-state index is 13.4. The molecule has 178 valence electrons. The van der Waals surface area contributed by atoms with Crippen molar-refractivity contribution >= 4 is 22.6 Å². The second kappa shape index (κ2) is 11.1. The van der Waals surface area contributed by atoms with Crippen LogP contribution in [-0.4, -0.2) is 42.5 Å². The first kappa shape index (κ1) is 23.6. The summed E-state index contributed by atoms with van der Waals surface area (Å²) in [4.78, 5) is 28.0. The van der Waals surface area contributed by atoms with Crippen LogP contribution in [0.25, 0.3) is 10.8 Å². The highest BCUT2D eigenvalue weighted by molar-refractivity contribution is 5.90. The van der Waals surface area contributed by atoms with Crippen molar-refractivity contribution in [2.75, 3.05) is 13.7 Å². The second-order valence-electron chi connectivity index (χ2n) is 8.81. The lowest BCUT2D eigenvalue weighted by Gasteiger charge is -2.30. The summed E-state index contributed by atoms with van der Waals surface area (Å²) in [6.07, 6.45) is 4.24. The van der Waals surface area contributed by atoms with Gasteiger partial charge in [-0.15, -0.1) is 0 Å². The number of fused-ring (bicyclic) bond motifs is 1. The molecule has 1 atom stereocenters. The smallest absolute Gasteiger partial charge is 0.261 e. The van der Waals surface area contributed by atoms with Gasteiger partial charge >= 0.3 is 0 Å². The summed E-state index contributed by atoms with van der Waals surface area (Å²) in [6, 6.07) is 20.8. The van der Waals surface area contributed by atoms with Crippen molar-refractivity contribution in [3.8, 4) is 11.5 Å². The van der Waals surface area contributed by atoms with Crippen molar-refractivity contribution in [2.45, 2.75) is 51.2 Å². The maximum absolute atomic E-state index is 13.4. The largest absolute Gasteiger partial charge is 0.497 e. The van der Waals surface area contributed by atoms with Gasteiger partial charge in [0.2, 0.25) is 5.91 Å². The Morgan fingerprint density at radius 1 is 1.03 bits per heavy atom. The molecule has 1 N–H and O–H groups in total. The number of carbonyl (C=O) groups is 2. The highest BCUT2D eigenvalue weighted by Crippen LogP contribution is 2.25. The summed E-state index contributed by atoms with van der Waals surface area (Å²) in [5, 5.41) is 5.12. The van der Waals surface area contributed by atoms with Gasteiger partial charge in [0, 0.05) is 18.0 Å². The molecule has 3 aromatic carbocycles. The van der Waals surface area contributed by atoms with Crippen molar-refractivity contribution in [1.29, 1.82) is 0 Å². The first-order chi connectivity index (χ1) is 16.5. The average molecular weight is 461 g/mol. The third-order valence-corrected chi connectivity index (χ3v) is 6.46. The molecule has 6 nitrogen and oxygen atoms in total. The van der Waals surface area contributed by atoms with E-state index < -0.39 is 6.04 Å². The number of ether oxygens (including phenoxy) is 2. The van der Waals surface area contributed by atoms with Gasteiger partial charge in [-0.05, 0) is 48.9 Å². The second-order valence-corrected chi connectivity index (χ2v) is 8.81. The van der Waals surface area contributed by atoms with Gasteiger partial charge in [0.05, 0.1) is 7.11 Å². The van der Waals surface area contributed by atoms with E-state index in [2.05, 4.69) is 5.32 Å². The zero-order valence-corrected chi connectivity index (χ0v) is 19.8. The molecule has 6 heteroatoms. The summed E-state index contributed by atoms with van der Waals surface area (Å²) >= 11 is 0. The Balaban J connectivity index is 1.51. The molecule has 3 aromatic rings. The minimum atomic E-state index is -0.629. The van der Waals surface area contributed by atoms with E-state index in [-0.39, 0.29) is 31.0 Å². The lowest BCUT2D eigenvalue weighted by atomic mass is 10.1. The lowest BCUT2D eigenvalue weighted by Crippen LogP contribution is -2.50. The summed E-state index contributed by atoms with van der Waals surface area (Å²) in [7, 11) is 1.61. The molecule has 2 amide bonds. The Labute approximate surface area is 200 Å². The van der Waals surface area contributed by atoms with Crippen molar-refractivity contribution in [3.05, 3.63) is 72.3 Å². The minimum Gasteiger partial charge on any atom is -0.497 e. The molecule has 0 bridgehead atoms. The van der Waals surface area contributed by atoms with Crippen molar-refractivity contribution < 1.29 is 19.1 Å². The van der Waals surface area contributed by atoms with Crippen molar-refractivity contribution in [3.63, 3.8) is 0 Å². The fourth-order valence-electron chi connectivity index (χ4n) is 4.49. The quantitative estimate of drug-likeness (QED) is 0.503. The monoisotopic (exact) mass is 460 g/mol. The number of hydrogen-bond donors (Lipinski definition) is 1.